The van der Waals surface area contributed by atoms with E-state index in [0.717, 1.165) is 26.1 Å². The van der Waals surface area contributed by atoms with E-state index in [4.69, 9.17) is 9.47 Å². The van der Waals surface area contributed by atoms with Crippen LogP contribution in [0.2, 0.25) is 0 Å². The zero-order valence-electron chi connectivity index (χ0n) is 12.2. The van der Waals surface area contributed by atoms with Crippen LogP contribution in [0.4, 0.5) is 0 Å². The van der Waals surface area contributed by atoms with Crippen LogP contribution in [0.5, 0.6) is 0 Å². The molecule has 3 heteroatoms. The number of rotatable bonds is 9. The lowest BCUT2D eigenvalue weighted by molar-refractivity contribution is 0.185. The molecule has 19 heavy (non-hydrogen) atoms. The Balaban J connectivity index is 2.60. The maximum atomic E-state index is 5.16. The number of hydrogen-bond donors (Lipinski definition) is 1. The van der Waals surface area contributed by atoms with E-state index in [0.29, 0.717) is 6.61 Å². The summed E-state index contributed by atoms with van der Waals surface area (Å²) in [5, 5.41) is 3.38. The van der Waals surface area contributed by atoms with Crippen molar-refractivity contribution in [2.75, 3.05) is 33.9 Å². The molecule has 0 aliphatic rings. The summed E-state index contributed by atoms with van der Waals surface area (Å²) in [6, 6.07) is 8.47. The predicted octanol–water partition coefficient (Wildman–Crippen LogP) is 2.86. The summed E-state index contributed by atoms with van der Waals surface area (Å²) in [6.45, 7) is 5.39. The van der Waals surface area contributed by atoms with Crippen molar-refractivity contribution in [2.24, 2.45) is 0 Å². The van der Waals surface area contributed by atoms with Crippen LogP contribution in [0.15, 0.2) is 29.8 Å². The van der Waals surface area contributed by atoms with Crippen LogP contribution in [0.1, 0.15) is 24.5 Å². The van der Waals surface area contributed by atoms with E-state index in [1.54, 1.807) is 14.2 Å². The summed E-state index contributed by atoms with van der Waals surface area (Å²) >= 11 is 0. The number of benzene rings is 1. The van der Waals surface area contributed by atoms with Crippen molar-refractivity contribution in [3.05, 3.63) is 41.0 Å². The normalized spacial score (nSPS) is 11.8. The highest BCUT2D eigenvalue weighted by Gasteiger charge is 1.97. The van der Waals surface area contributed by atoms with Gasteiger partial charge in [0.2, 0.25) is 0 Å². The third-order valence-corrected chi connectivity index (χ3v) is 2.92. The Morgan fingerprint density at radius 3 is 2.79 bits per heavy atom. The number of ether oxygens (including phenoxy) is 2. The Morgan fingerprint density at radius 1 is 1.26 bits per heavy atom. The van der Waals surface area contributed by atoms with Crippen molar-refractivity contribution < 1.29 is 9.47 Å². The van der Waals surface area contributed by atoms with Crippen LogP contribution in [0, 0.1) is 0 Å². The zero-order valence-corrected chi connectivity index (χ0v) is 12.2. The maximum absolute atomic E-state index is 5.16. The van der Waals surface area contributed by atoms with E-state index in [2.05, 4.69) is 42.6 Å². The molecular weight excluding hydrogens is 238 g/mol. The van der Waals surface area contributed by atoms with Crippen molar-refractivity contribution in [3.8, 4) is 0 Å². The molecule has 0 saturated heterocycles. The molecule has 1 rings (SSSR count). The summed E-state index contributed by atoms with van der Waals surface area (Å²) in [5.74, 6) is 0. The lowest BCUT2D eigenvalue weighted by Gasteiger charge is -2.08. The van der Waals surface area contributed by atoms with E-state index in [1.807, 2.05) is 0 Å². The fraction of sp³-hybridized carbons (Fsp3) is 0.500. The van der Waals surface area contributed by atoms with Crippen LogP contribution < -0.4 is 5.32 Å². The van der Waals surface area contributed by atoms with Gasteiger partial charge < -0.3 is 14.8 Å². The predicted molar refractivity (Wildman–Crippen MR) is 80.2 cm³/mol. The van der Waals surface area contributed by atoms with Crippen LogP contribution in [-0.2, 0) is 16.1 Å². The second-order valence-corrected chi connectivity index (χ2v) is 4.50. The van der Waals surface area contributed by atoms with Gasteiger partial charge in [-0.2, -0.15) is 0 Å². The zero-order chi connectivity index (χ0) is 13.9. The van der Waals surface area contributed by atoms with Crippen LogP contribution in [0.25, 0.3) is 6.08 Å². The maximum Gasteiger partial charge on any atom is 0.0713 e. The molecule has 0 bridgehead atoms. The van der Waals surface area contributed by atoms with Gasteiger partial charge in [-0.05, 0) is 23.6 Å². The Labute approximate surface area is 116 Å². The average molecular weight is 263 g/mol. The highest BCUT2D eigenvalue weighted by atomic mass is 16.5. The molecular formula is C16H25NO2. The fourth-order valence-electron chi connectivity index (χ4n) is 1.88. The first-order valence-corrected chi connectivity index (χ1v) is 6.77. The molecule has 0 aromatic heterocycles. The minimum Gasteiger partial charge on any atom is -0.383 e. The molecule has 0 heterocycles. The molecule has 0 aliphatic heterocycles. The highest BCUT2D eigenvalue weighted by molar-refractivity contribution is 5.54. The topological polar surface area (TPSA) is 30.5 Å². The minimum absolute atomic E-state index is 0.662. The molecule has 3 nitrogen and oxygen atoms in total. The molecule has 0 spiro atoms. The minimum atomic E-state index is 0.662. The van der Waals surface area contributed by atoms with Crippen molar-refractivity contribution in [2.45, 2.75) is 20.0 Å². The molecule has 106 valence electrons. The largest absolute Gasteiger partial charge is 0.383 e. The first-order chi connectivity index (χ1) is 9.30. The SMILES string of the molecule is CCC(=Cc1cccc(COC)c1)CNCCOC. The first kappa shape index (κ1) is 15.9. The Hall–Kier alpha value is -1.16. The standard InChI is InChI=1S/C16H25NO2/c1-4-14(12-17-8-9-18-2)10-15-6-5-7-16(11-15)13-19-3/h5-7,10-11,17H,4,8-9,12-13H2,1-3H3. The quantitative estimate of drug-likeness (QED) is 0.695. The number of nitrogens with one attached hydrogen (secondary N) is 1. The Kier molecular flexibility index (Phi) is 8.14. The third-order valence-electron chi connectivity index (χ3n) is 2.92. The Morgan fingerprint density at radius 2 is 2.11 bits per heavy atom. The van der Waals surface area contributed by atoms with Crippen molar-refractivity contribution >= 4 is 6.08 Å². The summed E-state index contributed by atoms with van der Waals surface area (Å²) < 4.78 is 10.2. The summed E-state index contributed by atoms with van der Waals surface area (Å²) in [5.41, 5.74) is 3.84. The molecule has 0 unspecified atom stereocenters. The molecule has 1 aromatic carbocycles. The smallest absolute Gasteiger partial charge is 0.0713 e. The van der Waals surface area contributed by atoms with E-state index in [1.165, 1.54) is 16.7 Å². The van der Waals surface area contributed by atoms with E-state index < -0.39 is 0 Å². The highest BCUT2D eigenvalue weighted by Crippen LogP contribution is 2.12. The molecule has 1 N–H and O–H groups in total. The summed E-state index contributed by atoms with van der Waals surface area (Å²) in [7, 11) is 3.44. The van der Waals surface area contributed by atoms with Gasteiger partial charge in [-0.25, -0.2) is 0 Å². The Bertz CT molecular complexity index is 388. The molecule has 0 fully saturated rings. The molecule has 0 aliphatic carbocycles. The number of hydrogen-bond acceptors (Lipinski definition) is 3. The lowest BCUT2D eigenvalue weighted by Crippen LogP contribution is -2.21. The fourth-order valence-corrected chi connectivity index (χ4v) is 1.88. The lowest BCUT2D eigenvalue weighted by atomic mass is 10.1. The summed E-state index contributed by atoms with van der Waals surface area (Å²) in [6.07, 6.45) is 3.30. The second kappa shape index (κ2) is 9.73. The van der Waals surface area contributed by atoms with Gasteiger partial charge in [0.05, 0.1) is 13.2 Å². The second-order valence-electron chi connectivity index (χ2n) is 4.50. The molecule has 0 amide bonds. The van der Waals surface area contributed by atoms with E-state index in [-0.39, 0.29) is 0 Å². The monoisotopic (exact) mass is 263 g/mol. The van der Waals surface area contributed by atoms with Crippen molar-refractivity contribution in [1.82, 2.24) is 5.32 Å². The van der Waals surface area contributed by atoms with Crippen molar-refractivity contribution in [3.63, 3.8) is 0 Å². The van der Waals surface area contributed by atoms with Gasteiger partial charge >= 0.3 is 0 Å². The number of methoxy groups -OCH3 is 2. The van der Waals surface area contributed by atoms with Gasteiger partial charge in [0, 0.05) is 27.3 Å². The molecule has 0 radical (unpaired) electrons. The molecule has 0 atom stereocenters. The summed E-state index contributed by atoms with van der Waals surface area (Å²) in [4.78, 5) is 0. The van der Waals surface area contributed by atoms with Crippen LogP contribution >= 0.6 is 0 Å². The third kappa shape index (κ3) is 6.53. The van der Waals surface area contributed by atoms with Gasteiger partial charge in [-0.3, -0.25) is 0 Å². The van der Waals surface area contributed by atoms with Gasteiger partial charge in [0.1, 0.15) is 0 Å². The van der Waals surface area contributed by atoms with Gasteiger partial charge in [0.15, 0.2) is 0 Å². The van der Waals surface area contributed by atoms with E-state index in [9.17, 15) is 0 Å². The van der Waals surface area contributed by atoms with Gasteiger partial charge in [-0.15, -0.1) is 0 Å². The van der Waals surface area contributed by atoms with Crippen LogP contribution in [-0.4, -0.2) is 33.9 Å². The first-order valence-electron chi connectivity index (χ1n) is 6.77. The molecule has 0 saturated carbocycles. The van der Waals surface area contributed by atoms with E-state index >= 15 is 0 Å². The van der Waals surface area contributed by atoms with Crippen molar-refractivity contribution in [1.29, 1.82) is 0 Å². The van der Waals surface area contributed by atoms with Gasteiger partial charge in [0.25, 0.3) is 0 Å². The van der Waals surface area contributed by atoms with Gasteiger partial charge in [-0.1, -0.05) is 36.8 Å². The molecule has 1 aromatic rings. The van der Waals surface area contributed by atoms with Crippen LogP contribution in [0.3, 0.4) is 0 Å². The average Bonchev–Trinajstić information content (AvgIpc) is 2.43.